The number of rotatable bonds is 9. The number of hydrogen-bond acceptors (Lipinski definition) is 8. The molecule has 0 aliphatic rings. The SMILES string of the molecule is CC(C)(C)OC(=O)CC[C@H](NS(=O)(=O)c1ccc(COO)cc1)C(=O)OC(C)(C)C. The molecule has 0 saturated heterocycles. The van der Waals surface area contributed by atoms with Crippen LogP contribution >= 0.6 is 0 Å². The van der Waals surface area contributed by atoms with E-state index in [-0.39, 0.29) is 24.3 Å². The predicted molar refractivity (Wildman–Crippen MR) is 109 cm³/mol. The normalized spacial score (nSPS) is 13.6. The number of nitrogens with one attached hydrogen (secondary N) is 1. The van der Waals surface area contributed by atoms with Gasteiger partial charge in [-0.25, -0.2) is 13.3 Å². The second kappa shape index (κ2) is 10.3. The highest BCUT2D eigenvalue weighted by molar-refractivity contribution is 7.89. The van der Waals surface area contributed by atoms with Gasteiger partial charge in [0.05, 0.1) is 4.90 Å². The summed E-state index contributed by atoms with van der Waals surface area (Å²) in [4.78, 5) is 28.5. The van der Waals surface area contributed by atoms with Crippen molar-refractivity contribution in [2.45, 2.75) is 83.1 Å². The van der Waals surface area contributed by atoms with Gasteiger partial charge < -0.3 is 9.47 Å². The summed E-state index contributed by atoms with van der Waals surface area (Å²) in [7, 11) is -4.08. The molecule has 0 saturated carbocycles. The molecule has 1 rings (SSSR count). The van der Waals surface area contributed by atoms with E-state index in [1.807, 2.05) is 0 Å². The molecule has 0 heterocycles. The summed E-state index contributed by atoms with van der Waals surface area (Å²) in [5, 5.41) is 8.48. The first-order valence-electron chi connectivity index (χ1n) is 9.45. The van der Waals surface area contributed by atoms with Crippen molar-refractivity contribution >= 4 is 22.0 Å². The molecule has 1 aromatic carbocycles. The Kier molecular flexibility index (Phi) is 8.97. The summed E-state index contributed by atoms with van der Waals surface area (Å²) in [6.45, 7) is 10.0. The van der Waals surface area contributed by atoms with Gasteiger partial charge in [0.25, 0.3) is 0 Å². The number of carbonyl (C=O) groups excluding carboxylic acids is 2. The van der Waals surface area contributed by atoms with Gasteiger partial charge in [-0.15, -0.1) is 0 Å². The van der Waals surface area contributed by atoms with Gasteiger partial charge in [0, 0.05) is 6.42 Å². The number of carbonyl (C=O) groups is 2. The van der Waals surface area contributed by atoms with Crippen molar-refractivity contribution in [3.05, 3.63) is 29.8 Å². The van der Waals surface area contributed by atoms with E-state index in [0.29, 0.717) is 5.56 Å². The molecule has 0 aliphatic heterocycles. The van der Waals surface area contributed by atoms with Crippen LogP contribution in [-0.2, 0) is 40.6 Å². The maximum Gasteiger partial charge on any atom is 0.324 e. The van der Waals surface area contributed by atoms with Crippen LogP contribution in [0.4, 0.5) is 0 Å². The zero-order valence-corrected chi connectivity index (χ0v) is 19.0. The van der Waals surface area contributed by atoms with E-state index < -0.39 is 39.2 Å². The molecule has 1 atom stereocenters. The van der Waals surface area contributed by atoms with Crippen molar-refractivity contribution in [2.24, 2.45) is 0 Å². The standard InChI is InChI=1S/C20H31NO8S/c1-19(2,3)28-17(22)12-11-16(18(23)29-20(4,5)6)21-30(25,26)15-9-7-14(8-10-15)13-27-24/h7-10,16,21,24H,11-13H2,1-6H3/t16-/m0/s1. The number of hydrogen-bond donors (Lipinski definition) is 2. The zero-order valence-electron chi connectivity index (χ0n) is 18.2. The lowest BCUT2D eigenvalue weighted by Crippen LogP contribution is -2.44. The molecular formula is C20H31NO8S. The topological polar surface area (TPSA) is 128 Å². The van der Waals surface area contributed by atoms with Crippen molar-refractivity contribution in [2.75, 3.05) is 0 Å². The van der Waals surface area contributed by atoms with Gasteiger partial charge in [-0.3, -0.25) is 14.8 Å². The van der Waals surface area contributed by atoms with Gasteiger partial charge in [0.2, 0.25) is 10.0 Å². The van der Waals surface area contributed by atoms with Crippen LogP contribution in [0.2, 0.25) is 0 Å². The zero-order chi connectivity index (χ0) is 23.2. The maximum atomic E-state index is 12.7. The van der Waals surface area contributed by atoms with Gasteiger partial charge in [0.15, 0.2) is 0 Å². The van der Waals surface area contributed by atoms with Gasteiger partial charge >= 0.3 is 11.9 Å². The van der Waals surface area contributed by atoms with E-state index in [1.54, 1.807) is 41.5 Å². The lowest BCUT2D eigenvalue weighted by atomic mass is 10.1. The average Bonchev–Trinajstić information content (AvgIpc) is 2.56. The van der Waals surface area contributed by atoms with Crippen LogP contribution < -0.4 is 4.72 Å². The lowest BCUT2D eigenvalue weighted by Gasteiger charge is -2.25. The van der Waals surface area contributed by atoms with E-state index in [0.717, 1.165) is 0 Å². The van der Waals surface area contributed by atoms with Crippen LogP contribution in [0.1, 0.15) is 59.9 Å². The summed E-state index contributed by atoms with van der Waals surface area (Å²) in [5.74, 6) is -1.34. The number of esters is 2. The first kappa shape index (κ1) is 26.0. The van der Waals surface area contributed by atoms with Crippen LogP contribution in [0.3, 0.4) is 0 Å². The highest BCUT2D eigenvalue weighted by atomic mass is 32.2. The fourth-order valence-electron chi connectivity index (χ4n) is 2.35. The Morgan fingerprint density at radius 2 is 1.53 bits per heavy atom. The molecular weight excluding hydrogens is 414 g/mol. The third kappa shape index (κ3) is 9.66. The molecule has 170 valence electrons. The van der Waals surface area contributed by atoms with Crippen LogP contribution in [0.5, 0.6) is 0 Å². The summed E-state index contributed by atoms with van der Waals surface area (Å²) in [5.41, 5.74) is -0.971. The number of benzene rings is 1. The Morgan fingerprint density at radius 1 is 1.00 bits per heavy atom. The average molecular weight is 446 g/mol. The molecule has 0 bridgehead atoms. The fraction of sp³-hybridized carbons (Fsp3) is 0.600. The predicted octanol–water partition coefficient (Wildman–Crippen LogP) is 2.79. The number of ether oxygens (including phenoxy) is 2. The minimum absolute atomic E-state index is 0.0879. The van der Waals surface area contributed by atoms with Gasteiger partial charge in [-0.2, -0.15) is 4.72 Å². The van der Waals surface area contributed by atoms with Gasteiger partial charge in [-0.1, -0.05) is 12.1 Å². The van der Waals surface area contributed by atoms with Crippen molar-refractivity contribution in [1.82, 2.24) is 4.72 Å². The second-order valence-corrected chi connectivity index (χ2v) is 10.5. The Balaban J connectivity index is 2.99. The summed E-state index contributed by atoms with van der Waals surface area (Å²) in [6.07, 6.45) is -0.296. The monoisotopic (exact) mass is 445 g/mol. The van der Waals surface area contributed by atoms with Crippen molar-refractivity contribution in [3.63, 3.8) is 0 Å². The van der Waals surface area contributed by atoms with E-state index in [1.165, 1.54) is 24.3 Å². The van der Waals surface area contributed by atoms with E-state index in [9.17, 15) is 18.0 Å². The van der Waals surface area contributed by atoms with Crippen LogP contribution in [0.15, 0.2) is 29.2 Å². The van der Waals surface area contributed by atoms with Crippen LogP contribution in [0.25, 0.3) is 0 Å². The largest absolute Gasteiger partial charge is 0.460 e. The fourth-order valence-corrected chi connectivity index (χ4v) is 3.57. The maximum absolute atomic E-state index is 12.7. The van der Waals surface area contributed by atoms with E-state index >= 15 is 0 Å². The molecule has 30 heavy (non-hydrogen) atoms. The Morgan fingerprint density at radius 3 is 2.00 bits per heavy atom. The Hall–Kier alpha value is -2.01. The third-order valence-corrected chi connectivity index (χ3v) is 5.00. The minimum Gasteiger partial charge on any atom is -0.460 e. The van der Waals surface area contributed by atoms with E-state index in [4.69, 9.17) is 14.7 Å². The minimum atomic E-state index is -4.08. The summed E-state index contributed by atoms with van der Waals surface area (Å²) >= 11 is 0. The van der Waals surface area contributed by atoms with Crippen molar-refractivity contribution in [3.8, 4) is 0 Å². The molecule has 0 radical (unpaired) electrons. The number of sulfonamides is 1. The highest BCUT2D eigenvalue weighted by Crippen LogP contribution is 2.17. The highest BCUT2D eigenvalue weighted by Gasteiger charge is 2.31. The third-order valence-electron chi connectivity index (χ3n) is 3.51. The first-order valence-corrected chi connectivity index (χ1v) is 10.9. The molecule has 0 amide bonds. The van der Waals surface area contributed by atoms with Crippen LogP contribution in [0, 0.1) is 0 Å². The molecule has 0 unspecified atom stereocenters. The van der Waals surface area contributed by atoms with Gasteiger partial charge in [-0.05, 0) is 65.7 Å². The summed E-state index contributed by atoms with van der Waals surface area (Å²) < 4.78 is 38.3. The lowest BCUT2D eigenvalue weighted by molar-refractivity contribution is -0.253. The Labute approximate surface area is 177 Å². The molecule has 2 N–H and O–H groups in total. The smallest absolute Gasteiger partial charge is 0.324 e. The van der Waals surface area contributed by atoms with Crippen LogP contribution in [-0.4, -0.2) is 42.9 Å². The molecule has 0 aromatic heterocycles. The Bertz CT molecular complexity index is 820. The molecule has 0 spiro atoms. The van der Waals surface area contributed by atoms with E-state index in [2.05, 4.69) is 9.61 Å². The molecule has 9 nitrogen and oxygen atoms in total. The molecule has 0 aliphatic carbocycles. The first-order chi connectivity index (χ1) is 13.6. The molecule has 0 fully saturated rings. The quantitative estimate of drug-likeness (QED) is 0.337. The van der Waals surface area contributed by atoms with Gasteiger partial charge in [0.1, 0.15) is 23.9 Å². The molecule has 1 aromatic rings. The second-order valence-electron chi connectivity index (χ2n) is 8.75. The van der Waals surface area contributed by atoms with Crippen molar-refractivity contribution < 1.29 is 37.6 Å². The molecule has 10 heteroatoms. The van der Waals surface area contributed by atoms with Crippen molar-refractivity contribution in [1.29, 1.82) is 0 Å². The summed E-state index contributed by atoms with van der Waals surface area (Å²) in [6, 6.07) is 4.29.